The van der Waals surface area contributed by atoms with Crippen LogP contribution in [-0.4, -0.2) is 27.0 Å². The van der Waals surface area contributed by atoms with Gasteiger partial charge in [0.15, 0.2) is 11.6 Å². The molecular formula is C21H22N5O2S+. The van der Waals surface area contributed by atoms with Crippen molar-refractivity contribution in [3.63, 3.8) is 0 Å². The Balaban J connectivity index is 1.41. The van der Waals surface area contributed by atoms with Crippen LogP contribution in [-0.2, 0) is 25.9 Å². The Bertz CT molecular complexity index is 1340. The highest BCUT2D eigenvalue weighted by Gasteiger charge is 2.20. The van der Waals surface area contributed by atoms with E-state index in [0.717, 1.165) is 34.4 Å². The second-order valence-electron chi connectivity index (χ2n) is 7.74. The van der Waals surface area contributed by atoms with E-state index in [2.05, 4.69) is 15.0 Å². The summed E-state index contributed by atoms with van der Waals surface area (Å²) in [4.78, 5) is 43.3. The molecule has 0 amide bonds. The number of nitrogens with zero attached hydrogens (tertiary/aromatic N) is 2. The van der Waals surface area contributed by atoms with Gasteiger partial charge in [0, 0.05) is 4.88 Å². The number of benzene rings is 1. The Morgan fingerprint density at radius 1 is 1.00 bits per heavy atom. The quantitative estimate of drug-likeness (QED) is 0.475. The van der Waals surface area contributed by atoms with Crippen molar-refractivity contribution in [3.8, 4) is 0 Å². The SMILES string of the molecule is C[NH+](Cc1nc2ccccc2c(=O)[nH]1)Cc1nc2sc3c(c2c(=O)[nH]1)CCCC3. The van der Waals surface area contributed by atoms with E-state index in [-0.39, 0.29) is 11.1 Å². The lowest BCUT2D eigenvalue weighted by Crippen LogP contribution is -3.06. The zero-order chi connectivity index (χ0) is 20.0. The van der Waals surface area contributed by atoms with Gasteiger partial charge in [0.05, 0.1) is 23.3 Å². The van der Waals surface area contributed by atoms with Gasteiger partial charge in [-0.2, -0.15) is 0 Å². The molecule has 29 heavy (non-hydrogen) atoms. The smallest absolute Gasteiger partial charge is 0.260 e. The first kappa shape index (κ1) is 18.2. The molecule has 8 heteroatoms. The molecule has 148 valence electrons. The zero-order valence-electron chi connectivity index (χ0n) is 16.2. The molecule has 1 aliphatic carbocycles. The van der Waals surface area contributed by atoms with Gasteiger partial charge in [0.25, 0.3) is 11.1 Å². The summed E-state index contributed by atoms with van der Waals surface area (Å²) in [7, 11) is 2.00. The van der Waals surface area contributed by atoms with Gasteiger partial charge in [-0.15, -0.1) is 11.3 Å². The summed E-state index contributed by atoms with van der Waals surface area (Å²) in [5.41, 5.74) is 1.73. The number of quaternary nitrogens is 1. The average Bonchev–Trinajstić information content (AvgIpc) is 3.06. The standard InChI is InChI=1S/C21H21N5O2S/c1-26(10-16-22-14-8-4-2-6-12(14)19(27)23-16)11-17-24-20(28)18-13-7-3-5-9-15(13)29-21(18)25-17/h2,4,6,8H,3,5,7,9-11H2,1H3,(H,22,23,27)(H,24,25,28)/p+1. The first-order chi connectivity index (χ1) is 14.1. The molecular weight excluding hydrogens is 386 g/mol. The fraction of sp³-hybridized carbons (Fsp3) is 0.333. The van der Waals surface area contributed by atoms with E-state index in [0.29, 0.717) is 35.6 Å². The molecule has 0 radical (unpaired) electrons. The summed E-state index contributed by atoms with van der Waals surface area (Å²) in [6.07, 6.45) is 4.36. The van der Waals surface area contributed by atoms with Crippen molar-refractivity contribution in [2.45, 2.75) is 38.8 Å². The average molecular weight is 409 g/mol. The third kappa shape index (κ3) is 3.38. The number of hydrogen-bond donors (Lipinski definition) is 3. The summed E-state index contributed by atoms with van der Waals surface area (Å²) in [5.74, 6) is 1.29. The number of thiophene rings is 1. The Morgan fingerprint density at radius 2 is 1.72 bits per heavy atom. The van der Waals surface area contributed by atoms with E-state index in [1.807, 2.05) is 25.2 Å². The van der Waals surface area contributed by atoms with E-state index in [1.54, 1.807) is 17.4 Å². The predicted octanol–water partition coefficient (Wildman–Crippen LogP) is 1.31. The highest BCUT2D eigenvalue weighted by molar-refractivity contribution is 7.18. The van der Waals surface area contributed by atoms with Gasteiger partial charge in [-0.3, -0.25) is 9.59 Å². The number of nitrogens with one attached hydrogen (secondary N) is 3. The summed E-state index contributed by atoms with van der Waals surface area (Å²) in [6.45, 7) is 1.08. The minimum Gasteiger partial charge on any atom is -0.325 e. The third-order valence-electron chi connectivity index (χ3n) is 5.47. The van der Waals surface area contributed by atoms with E-state index >= 15 is 0 Å². The zero-order valence-corrected chi connectivity index (χ0v) is 17.0. The normalized spacial score (nSPS) is 14.9. The van der Waals surface area contributed by atoms with Crippen LogP contribution in [0.15, 0.2) is 33.9 Å². The van der Waals surface area contributed by atoms with Crippen LogP contribution in [0.1, 0.15) is 34.9 Å². The minimum atomic E-state index is -0.129. The number of fused-ring (bicyclic) bond motifs is 4. The van der Waals surface area contributed by atoms with Crippen LogP contribution in [0.3, 0.4) is 0 Å². The maximum absolute atomic E-state index is 12.7. The van der Waals surface area contributed by atoms with Gasteiger partial charge in [-0.1, -0.05) is 12.1 Å². The van der Waals surface area contributed by atoms with Gasteiger partial charge < -0.3 is 14.9 Å². The minimum absolute atomic E-state index is 0.0329. The van der Waals surface area contributed by atoms with Crippen LogP contribution in [0.25, 0.3) is 21.1 Å². The van der Waals surface area contributed by atoms with Crippen molar-refractivity contribution in [1.82, 2.24) is 19.9 Å². The molecule has 0 fully saturated rings. The van der Waals surface area contributed by atoms with E-state index in [9.17, 15) is 9.59 Å². The molecule has 1 aliphatic rings. The maximum Gasteiger partial charge on any atom is 0.260 e. The van der Waals surface area contributed by atoms with Crippen molar-refractivity contribution in [1.29, 1.82) is 0 Å². The first-order valence-corrected chi connectivity index (χ1v) is 10.7. The van der Waals surface area contributed by atoms with Crippen molar-refractivity contribution < 1.29 is 4.90 Å². The molecule has 4 aromatic rings. The highest BCUT2D eigenvalue weighted by Crippen LogP contribution is 2.33. The fourth-order valence-electron chi connectivity index (χ4n) is 4.14. The Labute approximate surface area is 170 Å². The number of hydrogen-bond acceptors (Lipinski definition) is 5. The van der Waals surface area contributed by atoms with Crippen LogP contribution in [0, 0.1) is 0 Å². The Morgan fingerprint density at radius 3 is 2.59 bits per heavy atom. The summed E-state index contributed by atoms with van der Waals surface area (Å²) in [6, 6.07) is 7.32. The summed E-state index contributed by atoms with van der Waals surface area (Å²) in [5, 5.41) is 1.37. The van der Waals surface area contributed by atoms with Crippen molar-refractivity contribution in [2.75, 3.05) is 7.05 Å². The van der Waals surface area contributed by atoms with Gasteiger partial charge in [0.1, 0.15) is 17.9 Å². The van der Waals surface area contributed by atoms with Crippen LogP contribution in [0.5, 0.6) is 0 Å². The number of para-hydroxylation sites is 1. The molecule has 1 atom stereocenters. The molecule has 1 unspecified atom stereocenters. The Hall–Kier alpha value is -2.84. The molecule has 3 aromatic heterocycles. The molecule has 0 saturated carbocycles. The first-order valence-electron chi connectivity index (χ1n) is 9.91. The number of H-pyrrole nitrogens is 2. The lowest BCUT2D eigenvalue weighted by atomic mass is 9.97. The van der Waals surface area contributed by atoms with E-state index < -0.39 is 0 Å². The number of rotatable bonds is 4. The molecule has 0 bridgehead atoms. The molecule has 3 N–H and O–H groups in total. The fourth-order valence-corrected chi connectivity index (χ4v) is 5.43. The van der Waals surface area contributed by atoms with Crippen LogP contribution in [0.4, 0.5) is 0 Å². The third-order valence-corrected chi connectivity index (χ3v) is 6.66. The predicted molar refractivity (Wildman–Crippen MR) is 114 cm³/mol. The monoisotopic (exact) mass is 408 g/mol. The summed E-state index contributed by atoms with van der Waals surface area (Å²) < 4.78 is 0. The second kappa shape index (κ2) is 7.20. The molecule has 0 aliphatic heterocycles. The van der Waals surface area contributed by atoms with Gasteiger partial charge in [-0.05, 0) is 43.4 Å². The van der Waals surface area contributed by atoms with E-state index in [4.69, 9.17) is 4.98 Å². The number of aryl methyl sites for hydroxylation is 2. The van der Waals surface area contributed by atoms with E-state index in [1.165, 1.54) is 16.9 Å². The van der Waals surface area contributed by atoms with Gasteiger partial charge in [-0.25, -0.2) is 9.97 Å². The summed E-state index contributed by atoms with van der Waals surface area (Å²) >= 11 is 1.66. The topological polar surface area (TPSA) is 95.9 Å². The van der Waals surface area contributed by atoms with Gasteiger partial charge >= 0.3 is 0 Å². The van der Waals surface area contributed by atoms with Crippen LogP contribution >= 0.6 is 11.3 Å². The second-order valence-corrected chi connectivity index (χ2v) is 8.83. The van der Waals surface area contributed by atoms with Crippen LogP contribution < -0.4 is 16.0 Å². The van der Waals surface area contributed by atoms with Crippen molar-refractivity contribution >= 4 is 32.5 Å². The molecule has 0 saturated heterocycles. The number of aromatic nitrogens is 4. The lowest BCUT2D eigenvalue weighted by Gasteiger charge is -2.13. The molecule has 1 aromatic carbocycles. The molecule has 3 heterocycles. The molecule has 5 rings (SSSR count). The maximum atomic E-state index is 12.7. The van der Waals surface area contributed by atoms with Gasteiger partial charge in [0.2, 0.25) is 0 Å². The Kier molecular flexibility index (Phi) is 4.52. The molecule has 0 spiro atoms. The lowest BCUT2D eigenvalue weighted by molar-refractivity contribution is -0.909. The van der Waals surface area contributed by atoms with Crippen molar-refractivity contribution in [3.05, 3.63) is 67.1 Å². The van der Waals surface area contributed by atoms with Crippen molar-refractivity contribution in [2.24, 2.45) is 0 Å². The van der Waals surface area contributed by atoms with Crippen LogP contribution in [0.2, 0.25) is 0 Å². The molecule has 7 nitrogen and oxygen atoms in total. The number of aromatic amines is 2. The largest absolute Gasteiger partial charge is 0.325 e. The highest BCUT2D eigenvalue weighted by atomic mass is 32.1.